The van der Waals surface area contributed by atoms with Gasteiger partial charge in [-0.15, -0.1) is 0 Å². The van der Waals surface area contributed by atoms with E-state index in [9.17, 15) is 9.90 Å². The average Bonchev–Trinajstić information content (AvgIpc) is 2.37. The van der Waals surface area contributed by atoms with Crippen molar-refractivity contribution in [3.63, 3.8) is 0 Å². The maximum atomic E-state index is 10.6. The summed E-state index contributed by atoms with van der Waals surface area (Å²) in [6, 6.07) is 5.38. The lowest BCUT2D eigenvalue weighted by atomic mass is 10.2. The topological polar surface area (TPSA) is 88.0 Å². The summed E-state index contributed by atoms with van der Waals surface area (Å²) in [5.41, 5.74) is 0.790. The molecule has 0 saturated heterocycles. The quantitative estimate of drug-likeness (QED) is 0.627. The molecule has 0 aromatic heterocycles. The number of aliphatic hydroxyl groups excluding tert-OH is 1. The van der Waals surface area contributed by atoms with Crippen molar-refractivity contribution < 1.29 is 24.5 Å². The van der Waals surface area contributed by atoms with E-state index in [4.69, 9.17) is 14.6 Å². The number of para-hydroxylation sites is 1. The molecule has 0 radical (unpaired) electrons. The van der Waals surface area contributed by atoms with Gasteiger partial charge in [0.05, 0.1) is 12.7 Å². The van der Waals surface area contributed by atoms with Gasteiger partial charge < -0.3 is 25.0 Å². The number of benzene rings is 1. The van der Waals surface area contributed by atoms with Crippen LogP contribution in [-0.2, 0) is 11.3 Å². The number of ether oxygens (including phenoxy) is 2. The lowest BCUT2D eigenvalue weighted by molar-refractivity contribution is -0.139. The first-order chi connectivity index (χ1) is 9.54. The lowest BCUT2D eigenvalue weighted by Crippen LogP contribution is -2.24. The van der Waals surface area contributed by atoms with Crippen molar-refractivity contribution in [1.29, 1.82) is 0 Å². The summed E-state index contributed by atoms with van der Waals surface area (Å²) in [6.45, 7) is 4.48. The number of carboxylic acid groups (broad SMARTS) is 1. The summed E-state index contributed by atoms with van der Waals surface area (Å²) in [5, 5.41) is 21.0. The van der Waals surface area contributed by atoms with Gasteiger partial charge in [-0.05, 0) is 19.9 Å². The molecule has 20 heavy (non-hydrogen) atoms. The van der Waals surface area contributed by atoms with E-state index in [0.717, 1.165) is 5.56 Å². The number of aliphatic carboxylic acids is 1. The Morgan fingerprint density at radius 1 is 1.40 bits per heavy atom. The van der Waals surface area contributed by atoms with E-state index in [1.54, 1.807) is 13.0 Å². The average molecular weight is 283 g/mol. The molecule has 112 valence electrons. The monoisotopic (exact) mass is 283 g/mol. The summed E-state index contributed by atoms with van der Waals surface area (Å²) >= 11 is 0. The molecule has 1 rings (SSSR count). The molecule has 3 N–H and O–H groups in total. The molecule has 1 atom stereocenters. The van der Waals surface area contributed by atoms with Crippen LogP contribution in [0, 0.1) is 0 Å². The second-order valence-corrected chi connectivity index (χ2v) is 4.34. The van der Waals surface area contributed by atoms with Crippen LogP contribution in [0.5, 0.6) is 11.5 Å². The van der Waals surface area contributed by atoms with Gasteiger partial charge in [-0.25, -0.2) is 4.79 Å². The smallest absolute Gasteiger partial charge is 0.341 e. The van der Waals surface area contributed by atoms with Gasteiger partial charge in [0.2, 0.25) is 0 Å². The predicted octanol–water partition coefficient (Wildman–Crippen LogP) is 1.02. The Balaban J connectivity index is 2.83. The van der Waals surface area contributed by atoms with E-state index in [1.165, 1.54) is 0 Å². The molecule has 0 aliphatic heterocycles. The van der Waals surface area contributed by atoms with Gasteiger partial charge in [-0.2, -0.15) is 0 Å². The zero-order valence-electron chi connectivity index (χ0n) is 11.8. The molecule has 0 unspecified atom stereocenters. The fourth-order valence-electron chi connectivity index (χ4n) is 1.68. The van der Waals surface area contributed by atoms with E-state index in [-0.39, 0.29) is 0 Å². The fraction of sp³-hybridized carbons (Fsp3) is 0.500. The Morgan fingerprint density at radius 2 is 2.15 bits per heavy atom. The molecule has 1 aromatic rings. The summed E-state index contributed by atoms with van der Waals surface area (Å²) in [4.78, 5) is 10.6. The maximum absolute atomic E-state index is 10.6. The van der Waals surface area contributed by atoms with E-state index < -0.39 is 18.7 Å². The molecule has 0 spiro atoms. The van der Waals surface area contributed by atoms with E-state index in [2.05, 4.69) is 5.32 Å². The van der Waals surface area contributed by atoms with Crippen LogP contribution in [0.3, 0.4) is 0 Å². The standard InChI is InChI=1S/C14H21NO5/c1-3-19-12-6-4-5-11(8-15-7-10(2)16)14(12)20-9-13(17)18/h4-6,10,15-16H,3,7-9H2,1-2H3,(H,17,18)/t10-/m0/s1. The Morgan fingerprint density at radius 3 is 2.75 bits per heavy atom. The number of carbonyl (C=O) groups is 1. The number of rotatable bonds is 9. The maximum Gasteiger partial charge on any atom is 0.341 e. The largest absolute Gasteiger partial charge is 0.490 e. The van der Waals surface area contributed by atoms with Gasteiger partial charge in [0.15, 0.2) is 18.1 Å². The van der Waals surface area contributed by atoms with Crippen LogP contribution in [0.15, 0.2) is 18.2 Å². The predicted molar refractivity (Wildman–Crippen MR) is 74.1 cm³/mol. The van der Waals surface area contributed by atoms with Crippen molar-refractivity contribution in [3.05, 3.63) is 23.8 Å². The zero-order chi connectivity index (χ0) is 15.0. The summed E-state index contributed by atoms with van der Waals surface area (Å²) in [7, 11) is 0. The van der Waals surface area contributed by atoms with Crippen molar-refractivity contribution in [2.45, 2.75) is 26.5 Å². The highest BCUT2D eigenvalue weighted by atomic mass is 16.5. The van der Waals surface area contributed by atoms with E-state index >= 15 is 0 Å². The number of carboxylic acids is 1. The van der Waals surface area contributed by atoms with E-state index in [1.807, 2.05) is 19.1 Å². The minimum atomic E-state index is -1.04. The normalized spacial score (nSPS) is 11.9. The molecule has 1 aromatic carbocycles. The Hall–Kier alpha value is -1.79. The van der Waals surface area contributed by atoms with Crippen LogP contribution in [0.1, 0.15) is 19.4 Å². The van der Waals surface area contributed by atoms with Gasteiger partial charge in [0.25, 0.3) is 0 Å². The van der Waals surface area contributed by atoms with E-state index in [0.29, 0.717) is 31.2 Å². The number of aliphatic hydroxyl groups is 1. The Kier molecular flexibility index (Phi) is 6.83. The highest BCUT2D eigenvalue weighted by Crippen LogP contribution is 2.31. The van der Waals surface area contributed by atoms with Gasteiger partial charge in [-0.3, -0.25) is 0 Å². The van der Waals surface area contributed by atoms with Crippen molar-refractivity contribution in [2.24, 2.45) is 0 Å². The van der Waals surface area contributed by atoms with Crippen LogP contribution in [0.4, 0.5) is 0 Å². The fourth-order valence-corrected chi connectivity index (χ4v) is 1.68. The number of hydrogen-bond acceptors (Lipinski definition) is 5. The molecule has 0 aliphatic carbocycles. The number of nitrogens with one attached hydrogen (secondary N) is 1. The summed E-state index contributed by atoms with van der Waals surface area (Å²) < 4.78 is 10.8. The molecule has 0 amide bonds. The SMILES string of the molecule is CCOc1cccc(CNC[C@H](C)O)c1OCC(=O)O. The second kappa shape index (κ2) is 8.39. The molecule has 6 nitrogen and oxygen atoms in total. The first-order valence-corrected chi connectivity index (χ1v) is 6.52. The summed E-state index contributed by atoms with van der Waals surface area (Å²) in [6.07, 6.45) is -0.450. The van der Waals surface area contributed by atoms with Crippen molar-refractivity contribution in [3.8, 4) is 11.5 Å². The third-order valence-corrected chi connectivity index (χ3v) is 2.46. The van der Waals surface area contributed by atoms with Crippen molar-refractivity contribution in [1.82, 2.24) is 5.32 Å². The van der Waals surface area contributed by atoms with Gasteiger partial charge in [0.1, 0.15) is 0 Å². The number of hydrogen-bond donors (Lipinski definition) is 3. The Bertz CT molecular complexity index is 434. The molecular formula is C14H21NO5. The van der Waals surface area contributed by atoms with Crippen LogP contribution in [0.25, 0.3) is 0 Å². The van der Waals surface area contributed by atoms with Crippen LogP contribution < -0.4 is 14.8 Å². The Labute approximate surface area is 118 Å². The minimum Gasteiger partial charge on any atom is -0.490 e. The highest BCUT2D eigenvalue weighted by Gasteiger charge is 2.12. The molecular weight excluding hydrogens is 262 g/mol. The van der Waals surface area contributed by atoms with Gasteiger partial charge >= 0.3 is 5.97 Å². The second-order valence-electron chi connectivity index (χ2n) is 4.34. The van der Waals surface area contributed by atoms with Crippen LogP contribution in [0.2, 0.25) is 0 Å². The first kappa shape index (κ1) is 16.3. The van der Waals surface area contributed by atoms with Crippen molar-refractivity contribution in [2.75, 3.05) is 19.8 Å². The summed E-state index contributed by atoms with van der Waals surface area (Å²) in [5.74, 6) is -0.0980. The van der Waals surface area contributed by atoms with Gasteiger partial charge in [-0.1, -0.05) is 12.1 Å². The van der Waals surface area contributed by atoms with Gasteiger partial charge in [0, 0.05) is 18.7 Å². The lowest BCUT2D eigenvalue weighted by Gasteiger charge is -2.15. The molecule has 0 heterocycles. The first-order valence-electron chi connectivity index (χ1n) is 6.52. The zero-order valence-corrected chi connectivity index (χ0v) is 11.8. The van der Waals surface area contributed by atoms with Crippen LogP contribution >= 0.6 is 0 Å². The van der Waals surface area contributed by atoms with Crippen LogP contribution in [-0.4, -0.2) is 42.0 Å². The van der Waals surface area contributed by atoms with Crippen molar-refractivity contribution >= 4 is 5.97 Å². The third kappa shape index (κ3) is 5.46. The highest BCUT2D eigenvalue weighted by molar-refractivity contribution is 5.68. The molecule has 0 fully saturated rings. The molecule has 0 aliphatic rings. The molecule has 6 heteroatoms. The molecule has 0 bridgehead atoms. The minimum absolute atomic E-state index is 0.423. The third-order valence-electron chi connectivity index (χ3n) is 2.46. The molecule has 0 saturated carbocycles.